The van der Waals surface area contributed by atoms with E-state index in [2.05, 4.69) is 0 Å². The van der Waals surface area contributed by atoms with Gasteiger partial charge in [-0.15, -0.1) is 17.0 Å². The number of likely N-dealkylation sites (tertiary alicyclic amines) is 1. The van der Waals surface area contributed by atoms with Crippen LogP contribution in [0.25, 0.3) is 0 Å². The second kappa shape index (κ2) is 4.72. The molecule has 1 N–H and O–H groups in total. The lowest BCUT2D eigenvalue weighted by Gasteiger charge is -2.28. The molecule has 1 heterocycles. The monoisotopic (exact) mass is 223 g/mol. The molecule has 1 aliphatic heterocycles. The van der Waals surface area contributed by atoms with Crippen molar-refractivity contribution in [3.05, 3.63) is 0 Å². The zero-order valence-electron chi connectivity index (χ0n) is 6.62. The number of rotatable bonds is 1. The van der Waals surface area contributed by atoms with Crippen molar-refractivity contribution in [2.45, 2.75) is 25.3 Å². The average Bonchev–Trinajstić information content (AvgIpc) is 1.88. The molecule has 0 spiro atoms. The number of piperidine rings is 1. The zero-order chi connectivity index (χ0) is 7.56. The summed E-state index contributed by atoms with van der Waals surface area (Å²) in [5.41, 5.74) is 0. The van der Waals surface area contributed by atoms with Gasteiger partial charge in [-0.1, -0.05) is 6.42 Å². The van der Waals surface area contributed by atoms with Crippen molar-refractivity contribution in [2.24, 2.45) is 0 Å². The van der Waals surface area contributed by atoms with Gasteiger partial charge in [0.1, 0.15) is 6.04 Å². The van der Waals surface area contributed by atoms with Gasteiger partial charge in [0.2, 0.25) is 0 Å². The molecule has 0 radical (unpaired) electrons. The molecule has 0 amide bonds. The lowest BCUT2D eigenvalue weighted by atomic mass is 10.0. The summed E-state index contributed by atoms with van der Waals surface area (Å²) in [4.78, 5) is 12.4. The highest BCUT2D eigenvalue weighted by Crippen LogP contribution is 2.14. The van der Waals surface area contributed by atoms with Crippen molar-refractivity contribution in [3.63, 3.8) is 0 Å². The van der Waals surface area contributed by atoms with E-state index in [0.29, 0.717) is 0 Å². The number of carboxylic acid groups (broad SMARTS) is 1. The van der Waals surface area contributed by atoms with Gasteiger partial charge < -0.3 is 5.11 Å². The van der Waals surface area contributed by atoms with Gasteiger partial charge in [-0.2, -0.15) is 0 Å². The van der Waals surface area contributed by atoms with Crippen molar-refractivity contribution >= 4 is 23.0 Å². The van der Waals surface area contributed by atoms with E-state index in [1.54, 1.807) is 0 Å². The first-order valence-corrected chi connectivity index (χ1v) is 3.65. The summed E-state index contributed by atoms with van der Waals surface area (Å²) in [7, 11) is 1.87. The second-order valence-electron chi connectivity index (χ2n) is 2.83. The Balaban J connectivity index is 0.000001000. The molecule has 1 saturated heterocycles. The Morgan fingerprint density at radius 3 is 2.55 bits per heavy atom. The Bertz CT molecular complexity index is 140. The van der Waals surface area contributed by atoms with Crippen LogP contribution in [0.15, 0.2) is 0 Å². The molecule has 1 aliphatic rings. The Labute approximate surface area is 77.2 Å². The molecule has 4 heteroatoms. The van der Waals surface area contributed by atoms with Crippen molar-refractivity contribution in [3.8, 4) is 0 Å². The van der Waals surface area contributed by atoms with E-state index in [-0.39, 0.29) is 23.0 Å². The molecule has 1 atom stereocenters. The molecular formula is C7H14BrNO2. The van der Waals surface area contributed by atoms with Crippen molar-refractivity contribution in [1.82, 2.24) is 4.90 Å². The number of likely N-dealkylation sites (N-methyl/N-ethyl adjacent to an activating group) is 1. The standard InChI is InChI=1S/C7H13NO2.BrH/c1-8-5-3-2-4-6(8)7(9)10;/h6H,2-5H2,1H3,(H,9,10);1H. The van der Waals surface area contributed by atoms with E-state index in [1.165, 1.54) is 0 Å². The van der Waals surface area contributed by atoms with Gasteiger partial charge in [0.25, 0.3) is 0 Å². The average molecular weight is 224 g/mol. The van der Waals surface area contributed by atoms with Crippen LogP contribution in [0.1, 0.15) is 19.3 Å². The maximum atomic E-state index is 10.5. The summed E-state index contributed by atoms with van der Waals surface area (Å²) in [6.07, 6.45) is 3.01. The number of nitrogens with zero attached hydrogens (tertiary/aromatic N) is 1. The Morgan fingerprint density at radius 1 is 1.55 bits per heavy atom. The van der Waals surface area contributed by atoms with Crippen molar-refractivity contribution in [1.29, 1.82) is 0 Å². The number of carboxylic acids is 1. The maximum Gasteiger partial charge on any atom is 0.320 e. The molecule has 3 nitrogen and oxygen atoms in total. The van der Waals surface area contributed by atoms with Gasteiger partial charge in [-0.05, 0) is 26.4 Å². The Kier molecular flexibility index (Phi) is 4.68. The predicted molar refractivity (Wildman–Crippen MR) is 48.2 cm³/mol. The van der Waals surface area contributed by atoms with Crippen LogP contribution < -0.4 is 0 Å². The predicted octanol–water partition coefficient (Wildman–Crippen LogP) is 1.13. The zero-order valence-corrected chi connectivity index (χ0v) is 8.33. The van der Waals surface area contributed by atoms with E-state index in [0.717, 1.165) is 25.8 Å². The minimum Gasteiger partial charge on any atom is -0.480 e. The smallest absolute Gasteiger partial charge is 0.320 e. The first-order valence-electron chi connectivity index (χ1n) is 3.65. The number of halogens is 1. The molecule has 0 aromatic carbocycles. The minimum absolute atomic E-state index is 0. The van der Waals surface area contributed by atoms with Gasteiger partial charge in [-0.25, -0.2) is 0 Å². The lowest BCUT2D eigenvalue weighted by molar-refractivity contribution is -0.143. The van der Waals surface area contributed by atoms with Crippen LogP contribution in [-0.2, 0) is 4.79 Å². The largest absolute Gasteiger partial charge is 0.480 e. The minimum atomic E-state index is -0.679. The van der Waals surface area contributed by atoms with E-state index in [1.807, 2.05) is 11.9 Å². The normalized spacial score (nSPS) is 25.7. The summed E-state index contributed by atoms with van der Waals surface area (Å²) in [6.45, 7) is 0.928. The fourth-order valence-corrected chi connectivity index (χ4v) is 1.39. The van der Waals surface area contributed by atoms with Gasteiger partial charge in [0.15, 0.2) is 0 Å². The molecule has 0 aromatic heterocycles. The molecule has 0 aromatic rings. The van der Waals surface area contributed by atoms with Crippen LogP contribution >= 0.6 is 17.0 Å². The first kappa shape index (κ1) is 10.9. The molecular weight excluding hydrogens is 210 g/mol. The van der Waals surface area contributed by atoms with Crippen LogP contribution in [0.2, 0.25) is 0 Å². The first-order chi connectivity index (χ1) is 4.72. The maximum absolute atomic E-state index is 10.5. The summed E-state index contributed by atoms with van der Waals surface area (Å²) >= 11 is 0. The molecule has 0 saturated carbocycles. The highest BCUT2D eigenvalue weighted by atomic mass is 79.9. The number of carbonyl (C=O) groups is 1. The molecule has 66 valence electrons. The van der Waals surface area contributed by atoms with E-state index in [9.17, 15) is 4.79 Å². The van der Waals surface area contributed by atoms with Crippen LogP contribution in [0, 0.1) is 0 Å². The van der Waals surface area contributed by atoms with Crippen LogP contribution in [0.4, 0.5) is 0 Å². The quantitative estimate of drug-likeness (QED) is 0.725. The third-order valence-corrected chi connectivity index (χ3v) is 2.06. The third-order valence-electron chi connectivity index (χ3n) is 2.06. The topological polar surface area (TPSA) is 40.5 Å². The van der Waals surface area contributed by atoms with Gasteiger partial charge in [0, 0.05) is 0 Å². The molecule has 0 bridgehead atoms. The number of hydrogen-bond donors (Lipinski definition) is 1. The van der Waals surface area contributed by atoms with Crippen LogP contribution in [0.3, 0.4) is 0 Å². The van der Waals surface area contributed by atoms with Crippen LogP contribution in [-0.4, -0.2) is 35.6 Å². The van der Waals surface area contributed by atoms with Crippen molar-refractivity contribution < 1.29 is 9.90 Å². The number of aliphatic carboxylic acids is 1. The highest BCUT2D eigenvalue weighted by Gasteiger charge is 2.24. The molecule has 1 fully saturated rings. The highest BCUT2D eigenvalue weighted by molar-refractivity contribution is 8.93. The Morgan fingerprint density at radius 2 is 2.18 bits per heavy atom. The molecule has 11 heavy (non-hydrogen) atoms. The summed E-state index contributed by atoms with van der Waals surface area (Å²) < 4.78 is 0. The second-order valence-corrected chi connectivity index (χ2v) is 2.83. The summed E-state index contributed by atoms with van der Waals surface area (Å²) in [5.74, 6) is -0.679. The summed E-state index contributed by atoms with van der Waals surface area (Å²) in [6, 6.07) is -0.228. The molecule has 1 unspecified atom stereocenters. The van der Waals surface area contributed by atoms with Gasteiger partial charge >= 0.3 is 5.97 Å². The fourth-order valence-electron chi connectivity index (χ4n) is 1.39. The third kappa shape index (κ3) is 2.79. The molecule has 1 rings (SSSR count). The van der Waals surface area contributed by atoms with E-state index in [4.69, 9.17) is 5.11 Å². The van der Waals surface area contributed by atoms with Crippen LogP contribution in [0.5, 0.6) is 0 Å². The van der Waals surface area contributed by atoms with E-state index < -0.39 is 5.97 Å². The summed E-state index contributed by atoms with van der Waals surface area (Å²) in [5, 5.41) is 8.67. The van der Waals surface area contributed by atoms with E-state index >= 15 is 0 Å². The molecule has 0 aliphatic carbocycles. The lowest BCUT2D eigenvalue weighted by Crippen LogP contribution is -2.41. The SMILES string of the molecule is Br.CN1CCCCC1C(=O)O. The fraction of sp³-hybridized carbons (Fsp3) is 0.857. The Hall–Kier alpha value is -0.0900. The van der Waals surface area contributed by atoms with Crippen molar-refractivity contribution in [2.75, 3.05) is 13.6 Å². The van der Waals surface area contributed by atoms with Gasteiger partial charge in [0.05, 0.1) is 0 Å². The van der Waals surface area contributed by atoms with Gasteiger partial charge in [-0.3, -0.25) is 9.69 Å². The number of hydrogen-bond acceptors (Lipinski definition) is 2.